The minimum atomic E-state index is -0.774. The van der Waals surface area contributed by atoms with E-state index in [2.05, 4.69) is 32.8 Å². The summed E-state index contributed by atoms with van der Waals surface area (Å²) in [7, 11) is 0. The molecule has 0 spiro atoms. The van der Waals surface area contributed by atoms with E-state index in [1.165, 1.54) is 0 Å². The van der Waals surface area contributed by atoms with Crippen molar-refractivity contribution in [3.8, 4) is 0 Å². The molecule has 0 saturated carbocycles. The number of likely N-dealkylation sites (tertiary alicyclic amines) is 1. The van der Waals surface area contributed by atoms with Crippen LogP contribution in [0.5, 0.6) is 0 Å². The third-order valence-electron chi connectivity index (χ3n) is 4.33. The van der Waals surface area contributed by atoms with E-state index in [4.69, 9.17) is 0 Å². The van der Waals surface area contributed by atoms with Gasteiger partial charge in [0.05, 0.1) is 0 Å². The lowest BCUT2D eigenvalue weighted by Gasteiger charge is -2.39. The minimum absolute atomic E-state index is 0. The predicted molar refractivity (Wildman–Crippen MR) is 96.4 cm³/mol. The fraction of sp³-hybridized carbons (Fsp3) is 0.786. The molecule has 126 valence electrons. The number of guanidine groups is 1. The molecule has 0 aromatic rings. The number of urea groups is 1. The lowest BCUT2D eigenvalue weighted by molar-refractivity contribution is -0.125. The van der Waals surface area contributed by atoms with Crippen molar-refractivity contribution >= 4 is 41.9 Å². The first kappa shape index (κ1) is 19.0. The van der Waals surface area contributed by atoms with E-state index in [0.29, 0.717) is 0 Å². The van der Waals surface area contributed by atoms with Gasteiger partial charge < -0.3 is 15.5 Å². The Kier molecular flexibility index (Phi) is 6.89. The lowest BCUT2D eigenvalue weighted by Crippen LogP contribution is -2.55. The van der Waals surface area contributed by atoms with Crippen molar-refractivity contribution < 1.29 is 9.59 Å². The van der Waals surface area contributed by atoms with Crippen molar-refractivity contribution in [3.63, 3.8) is 0 Å². The second-order valence-corrected chi connectivity index (χ2v) is 5.70. The monoisotopic (exact) mass is 423 g/mol. The van der Waals surface area contributed by atoms with Crippen LogP contribution in [0.4, 0.5) is 4.79 Å². The molecule has 1 unspecified atom stereocenters. The molecule has 2 saturated heterocycles. The number of amides is 3. The van der Waals surface area contributed by atoms with Gasteiger partial charge >= 0.3 is 6.03 Å². The Morgan fingerprint density at radius 2 is 2.00 bits per heavy atom. The van der Waals surface area contributed by atoms with Crippen LogP contribution in [-0.4, -0.2) is 54.5 Å². The van der Waals surface area contributed by atoms with Crippen molar-refractivity contribution in [2.24, 2.45) is 10.9 Å². The van der Waals surface area contributed by atoms with Gasteiger partial charge in [-0.2, -0.15) is 0 Å². The Balaban J connectivity index is 0.00000242. The van der Waals surface area contributed by atoms with Gasteiger partial charge in [0.15, 0.2) is 5.96 Å². The second-order valence-electron chi connectivity index (χ2n) is 5.70. The highest BCUT2D eigenvalue weighted by Crippen LogP contribution is 2.30. The topological polar surface area (TPSA) is 85.8 Å². The Morgan fingerprint density at radius 3 is 2.45 bits per heavy atom. The van der Waals surface area contributed by atoms with E-state index in [9.17, 15) is 9.59 Å². The maximum Gasteiger partial charge on any atom is 0.322 e. The van der Waals surface area contributed by atoms with E-state index < -0.39 is 5.54 Å². The molecule has 2 heterocycles. The van der Waals surface area contributed by atoms with E-state index in [-0.39, 0.29) is 41.8 Å². The molecule has 3 amide bonds. The van der Waals surface area contributed by atoms with Gasteiger partial charge in [-0.1, -0.05) is 0 Å². The number of piperidine rings is 1. The van der Waals surface area contributed by atoms with Gasteiger partial charge in [0, 0.05) is 26.2 Å². The van der Waals surface area contributed by atoms with Gasteiger partial charge in [-0.05, 0) is 39.5 Å². The summed E-state index contributed by atoms with van der Waals surface area (Å²) >= 11 is 0. The van der Waals surface area contributed by atoms with E-state index in [1.54, 1.807) is 0 Å². The van der Waals surface area contributed by atoms with Crippen molar-refractivity contribution in [2.75, 3.05) is 26.2 Å². The molecular weight excluding hydrogens is 397 g/mol. The Hall–Kier alpha value is -1.06. The van der Waals surface area contributed by atoms with Crippen LogP contribution in [0.25, 0.3) is 0 Å². The first-order valence-electron chi connectivity index (χ1n) is 7.68. The van der Waals surface area contributed by atoms with Crippen molar-refractivity contribution in [1.29, 1.82) is 0 Å². The molecule has 0 aromatic heterocycles. The summed E-state index contributed by atoms with van der Waals surface area (Å²) < 4.78 is 0. The molecule has 22 heavy (non-hydrogen) atoms. The van der Waals surface area contributed by atoms with Crippen LogP contribution in [0.15, 0.2) is 4.99 Å². The third-order valence-corrected chi connectivity index (χ3v) is 4.33. The van der Waals surface area contributed by atoms with E-state index in [1.807, 2.05) is 13.8 Å². The fourth-order valence-electron chi connectivity index (χ4n) is 3.09. The highest BCUT2D eigenvalue weighted by atomic mass is 127. The van der Waals surface area contributed by atoms with Crippen LogP contribution in [0.1, 0.15) is 33.6 Å². The Bertz CT molecular complexity index is 449. The van der Waals surface area contributed by atoms with Gasteiger partial charge in [-0.15, -0.1) is 24.0 Å². The minimum Gasteiger partial charge on any atom is -0.357 e. The van der Waals surface area contributed by atoms with E-state index >= 15 is 0 Å². The second kappa shape index (κ2) is 7.98. The van der Waals surface area contributed by atoms with Crippen LogP contribution in [0.2, 0.25) is 0 Å². The molecule has 1 atom stereocenters. The summed E-state index contributed by atoms with van der Waals surface area (Å²) in [4.78, 5) is 30.1. The van der Waals surface area contributed by atoms with Gasteiger partial charge in [-0.3, -0.25) is 15.1 Å². The number of halogens is 1. The number of hydrogen-bond donors (Lipinski definition) is 3. The first-order valence-corrected chi connectivity index (χ1v) is 7.68. The van der Waals surface area contributed by atoms with Gasteiger partial charge in [0.1, 0.15) is 5.54 Å². The quantitative estimate of drug-likeness (QED) is 0.273. The number of rotatable bonds is 3. The summed E-state index contributed by atoms with van der Waals surface area (Å²) in [6.45, 7) is 9.16. The first-order chi connectivity index (χ1) is 10.0. The fourth-order valence-corrected chi connectivity index (χ4v) is 3.09. The predicted octanol–water partition coefficient (Wildman–Crippen LogP) is 0.900. The molecule has 0 aliphatic carbocycles. The van der Waals surface area contributed by atoms with Crippen LogP contribution in [0, 0.1) is 5.92 Å². The van der Waals surface area contributed by atoms with Gasteiger partial charge in [0.25, 0.3) is 5.91 Å². The molecule has 0 bridgehead atoms. The van der Waals surface area contributed by atoms with Gasteiger partial charge in [-0.25, -0.2) is 4.79 Å². The average Bonchev–Trinajstić information content (AvgIpc) is 2.73. The summed E-state index contributed by atoms with van der Waals surface area (Å²) in [5, 5.41) is 8.41. The Morgan fingerprint density at radius 1 is 1.36 bits per heavy atom. The molecule has 2 aliphatic heterocycles. The molecule has 2 rings (SSSR count). The lowest BCUT2D eigenvalue weighted by atomic mass is 9.79. The number of nitrogens with one attached hydrogen (secondary N) is 3. The normalized spacial score (nSPS) is 26.3. The molecule has 2 fully saturated rings. The maximum atomic E-state index is 12.0. The van der Waals surface area contributed by atoms with Crippen LogP contribution in [0.3, 0.4) is 0 Å². The average molecular weight is 423 g/mol. The summed E-state index contributed by atoms with van der Waals surface area (Å²) in [6, 6.07) is -0.384. The third kappa shape index (κ3) is 3.82. The molecule has 8 heteroatoms. The molecule has 0 aromatic carbocycles. The highest BCUT2D eigenvalue weighted by molar-refractivity contribution is 14.0. The number of imide groups is 1. The molecule has 7 nitrogen and oxygen atoms in total. The van der Waals surface area contributed by atoms with Crippen molar-refractivity contribution in [3.05, 3.63) is 0 Å². The Labute approximate surface area is 148 Å². The molecular formula is C14H26IN5O2. The van der Waals surface area contributed by atoms with Crippen LogP contribution in [-0.2, 0) is 4.79 Å². The summed E-state index contributed by atoms with van der Waals surface area (Å²) in [5.41, 5.74) is -0.774. The number of nitrogens with zero attached hydrogens (tertiary/aromatic N) is 2. The maximum absolute atomic E-state index is 12.0. The van der Waals surface area contributed by atoms with Crippen molar-refractivity contribution in [1.82, 2.24) is 20.9 Å². The highest BCUT2D eigenvalue weighted by Gasteiger charge is 2.48. The molecule has 3 N–H and O–H groups in total. The number of carbonyl (C=O) groups is 2. The zero-order valence-corrected chi connectivity index (χ0v) is 15.8. The number of carbonyl (C=O) groups excluding carboxylic acids is 2. The van der Waals surface area contributed by atoms with Crippen molar-refractivity contribution in [2.45, 2.75) is 39.2 Å². The zero-order chi connectivity index (χ0) is 15.5. The molecule has 0 radical (unpaired) electrons. The smallest absolute Gasteiger partial charge is 0.322 e. The van der Waals surface area contributed by atoms with E-state index in [0.717, 1.165) is 45.0 Å². The number of aliphatic imine (C=N–C) groups is 1. The number of hydrogen-bond acceptors (Lipinski definition) is 3. The standard InChI is InChI=1S/C14H25N5O2.HI/c1-4-15-12(16-5-2)19-8-6-10(7-9-19)14(3)11(20)17-13(21)18-14;/h10H,4-9H2,1-3H3,(H,15,16)(H2,17,18,20,21);1H. The largest absolute Gasteiger partial charge is 0.357 e. The zero-order valence-electron chi connectivity index (χ0n) is 13.4. The van der Waals surface area contributed by atoms with Gasteiger partial charge in [0.2, 0.25) is 0 Å². The SMILES string of the molecule is CCN=C(NCC)N1CCC(C2(C)NC(=O)NC2=O)CC1.I. The van der Waals surface area contributed by atoms with Crippen LogP contribution >= 0.6 is 24.0 Å². The molecule has 2 aliphatic rings. The summed E-state index contributed by atoms with van der Waals surface area (Å²) in [5.74, 6) is 0.883. The summed E-state index contributed by atoms with van der Waals surface area (Å²) in [6.07, 6.45) is 1.72. The van der Waals surface area contributed by atoms with Crippen LogP contribution < -0.4 is 16.0 Å².